The van der Waals surface area contributed by atoms with Crippen molar-refractivity contribution in [2.45, 2.75) is 0 Å². The second-order valence-electron chi connectivity index (χ2n) is 3.65. The predicted molar refractivity (Wildman–Crippen MR) is 68.8 cm³/mol. The van der Waals surface area contributed by atoms with Crippen LogP contribution in [0.3, 0.4) is 0 Å². The summed E-state index contributed by atoms with van der Waals surface area (Å²) < 4.78 is 0. The molecule has 18 heavy (non-hydrogen) atoms. The van der Waals surface area contributed by atoms with Gasteiger partial charge in [-0.3, -0.25) is 9.78 Å². The van der Waals surface area contributed by atoms with E-state index in [9.17, 15) is 4.79 Å². The number of ketones is 1. The number of nitriles is 1. The van der Waals surface area contributed by atoms with E-state index in [-0.39, 0.29) is 5.78 Å². The minimum atomic E-state index is -0.139. The van der Waals surface area contributed by atoms with E-state index in [1.807, 2.05) is 6.07 Å². The van der Waals surface area contributed by atoms with Crippen LogP contribution in [0.5, 0.6) is 0 Å². The average molecular weight is 234 g/mol. The van der Waals surface area contributed by atoms with E-state index in [0.717, 1.165) is 5.56 Å². The molecule has 0 radical (unpaired) electrons. The van der Waals surface area contributed by atoms with E-state index in [1.54, 1.807) is 54.7 Å². The topological polar surface area (TPSA) is 53.8 Å². The van der Waals surface area contributed by atoms with Gasteiger partial charge < -0.3 is 0 Å². The van der Waals surface area contributed by atoms with E-state index in [4.69, 9.17) is 5.26 Å². The lowest BCUT2D eigenvalue weighted by atomic mass is 10.1. The summed E-state index contributed by atoms with van der Waals surface area (Å²) >= 11 is 0. The molecule has 0 atom stereocenters. The number of rotatable bonds is 3. The minimum Gasteiger partial charge on any atom is -0.288 e. The molecule has 0 aliphatic rings. The molecular weight excluding hydrogens is 224 g/mol. The van der Waals surface area contributed by atoms with Crippen molar-refractivity contribution in [3.8, 4) is 6.07 Å². The Kier molecular flexibility index (Phi) is 3.62. The van der Waals surface area contributed by atoms with Gasteiger partial charge in [-0.2, -0.15) is 5.26 Å². The van der Waals surface area contributed by atoms with Gasteiger partial charge >= 0.3 is 0 Å². The maximum Gasteiger partial charge on any atom is 0.204 e. The quantitative estimate of drug-likeness (QED) is 0.606. The van der Waals surface area contributed by atoms with Gasteiger partial charge in [0, 0.05) is 6.20 Å². The number of hydrogen-bond acceptors (Lipinski definition) is 3. The summed E-state index contributed by atoms with van der Waals surface area (Å²) in [7, 11) is 0. The molecule has 1 aromatic carbocycles. The number of pyridine rings is 1. The molecular formula is C15H10N2O. The first-order valence-electron chi connectivity index (χ1n) is 5.43. The lowest BCUT2D eigenvalue weighted by Crippen LogP contribution is -1.96. The molecule has 2 rings (SSSR count). The fourth-order valence-electron chi connectivity index (χ4n) is 1.43. The fourth-order valence-corrected chi connectivity index (χ4v) is 1.43. The fraction of sp³-hybridized carbons (Fsp3) is 0. The molecule has 0 aliphatic carbocycles. The zero-order chi connectivity index (χ0) is 12.8. The van der Waals surface area contributed by atoms with Crippen LogP contribution in [0.2, 0.25) is 0 Å². The highest BCUT2D eigenvalue weighted by molar-refractivity contribution is 6.05. The second kappa shape index (κ2) is 5.55. The maximum absolute atomic E-state index is 11.7. The summed E-state index contributed by atoms with van der Waals surface area (Å²) in [6.07, 6.45) is 4.77. The molecule has 2 aromatic rings. The second-order valence-corrected chi connectivity index (χ2v) is 3.65. The van der Waals surface area contributed by atoms with Gasteiger partial charge in [-0.1, -0.05) is 24.3 Å². The third-order valence-electron chi connectivity index (χ3n) is 2.38. The van der Waals surface area contributed by atoms with Gasteiger partial charge in [-0.25, -0.2) is 0 Å². The van der Waals surface area contributed by atoms with Crippen LogP contribution in [-0.2, 0) is 0 Å². The summed E-state index contributed by atoms with van der Waals surface area (Å²) in [5.41, 5.74) is 1.89. The van der Waals surface area contributed by atoms with Crippen LogP contribution in [0.25, 0.3) is 6.08 Å². The highest BCUT2D eigenvalue weighted by atomic mass is 16.1. The van der Waals surface area contributed by atoms with Crippen LogP contribution in [0.4, 0.5) is 0 Å². The molecule has 0 spiro atoms. The molecule has 3 heteroatoms. The molecule has 0 N–H and O–H groups in total. The van der Waals surface area contributed by atoms with Gasteiger partial charge in [0.2, 0.25) is 5.78 Å². The minimum absolute atomic E-state index is 0.139. The largest absolute Gasteiger partial charge is 0.288 e. The van der Waals surface area contributed by atoms with Crippen molar-refractivity contribution in [1.29, 1.82) is 5.26 Å². The summed E-state index contributed by atoms with van der Waals surface area (Å²) in [6.45, 7) is 0. The first-order chi connectivity index (χ1) is 8.79. The normalized spacial score (nSPS) is 10.2. The van der Waals surface area contributed by atoms with Crippen molar-refractivity contribution >= 4 is 11.9 Å². The molecule has 3 nitrogen and oxygen atoms in total. The molecule has 0 amide bonds. The Bertz CT molecular complexity index is 607. The van der Waals surface area contributed by atoms with Gasteiger partial charge in [-0.05, 0) is 35.9 Å². The third-order valence-corrected chi connectivity index (χ3v) is 2.38. The Morgan fingerprint density at radius 3 is 2.56 bits per heavy atom. The van der Waals surface area contributed by atoms with Crippen LogP contribution in [0, 0.1) is 11.3 Å². The van der Waals surface area contributed by atoms with Crippen LogP contribution in [-0.4, -0.2) is 10.8 Å². The molecule has 0 aliphatic heterocycles. The number of carbonyl (C=O) groups is 1. The molecule has 0 fully saturated rings. The first kappa shape index (κ1) is 11.7. The predicted octanol–water partition coefficient (Wildman–Crippen LogP) is 2.85. The Hall–Kier alpha value is -2.73. The van der Waals surface area contributed by atoms with Crippen molar-refractivity contribution in [3.63, 3.8) is 0 Å². The van der Waals surface area contributed by atoms with Gasteiger partial charge in [0.1, 0.15) is 5.69 Å². The summed E-state index contributed by atoms with van der Waals surface area (Å²) in [5, 5.41) is 8.66. The van der Waals surface area contributed by atoms with E-state index < -0.39 is 0 Å². The molecule has 86 valence electrons. The van der Waals surface area contributed by atoms with Gasteiger partial charge in [0.05, 0.1) is 11.6 Å². The molecule has 0 saturated carbocycles. The number of aromatic nitrogens is 1. The smallest absolute Gasteiger partial charge is 0.204 e. The lowest BCUT2D eigenvalue weighted by Gasteiger charge is -1.94. The molecule has 0 unspecified atom stereocenters. The van der Waals surface area contributed by atoms with E-state index in [0.29, 0.717) is 11.3 Å². The monoisotopic (exact) mass is 234 g/mol. The first-order valence-corrected chi connectivity index (χ1v) is 5.43. The number of nitrogens with zero attached hydrogens (tertiary/aromatic N) is 2. The summed E-state index contributed by atoms with van der Waals surface area (Å²) in [6, 6.07) is 14.3. The average Bonchev–Trinajstić information content (AvgIpc) is 2.46. The van der Waals surface area contributed by atoms with Crippen LogP contribution in [0.1, 0.15) is 21.6 Å². The van der Waals surface area contributed by atoms with Crippen molar-refractivity contribution in [1.82, 2.24) is 4.98 Å². The highest BCUT2D eigenvalue weighted by Crippen LogP contribution is 2.06. The zero-order valence-electron chi connectivity index (χ0n) is 9.58. The Morgan fingerprint density at radius 1 is 1.17 bits per heavy atom. The van der Waals surface area contributed by atoms with Crippen molar-refractivity contribution < 1.29 is 4.79 Å². The molecule has 0 saturated heterocycles. The summed E-state index contributed by atoms with van der Waals surface area (Å²) in [5.74, 6) is -0.139. The van der Waals surface area contributed by atoms with Crippen molar-refractivity contribution in [2.75, 3.05) is 0 Å². The maximum atomic E-state index is 11.7. The number of allylic oxidation sites excluding steroid dienone is 1. The van der Waals surface area contributed by atoms with E-state index in [1.165, 1.54) is 6.08 Å². The highest BCUT2D eigenvalue weighted by Gasteiger charge is 2.00. The van der Waals surface area contributed by atoms with Crippen molar-refractivity contribution in [2.24, 2.45) is 0 Å². The standard InChI is InChI=1S/C15H10N2O/c16-11-13-6-4-12(5-7-13)8-9-15(18)14-3-1-2-10-17-14/h1-10H. The van der Waals surface area contributed by atoms with E-state index in [2.05, 4.69) is 4.98 Å². The van der Waals surface area contributed by atoms with Gasteiger partial charge in [0.25, 0.3) is 0 Å². The molecule has 0 bridgehead atoms. The lowest BCUT2D eigenvalue weighted by molar-refractivity contribution is 0.104. The Morgan fingerprint density at radius 2 is 1.94 bits per heavy atom. The SMILES string of the molecule is N#Cc1ccc(C=CC(=O)c2ccccn2)cc1. The number of benzene rings is 1. The van der Waals surface area contributed by atoms with Crippen molar-refractivity contribution in [3.05, 3.63) is 71.6 Å². The Labute approximate surface area is 105 Å². The van der Waals surface area contributed by atoms with Crippen LogP contribution < -0.4 is 0 Å². The number of hydrogen-bond donors (Lipinski definition) is 0. The Balaban J connectivity index is 2.11. The van der Waals surface area contributed by atoms with Crippen LogP contribution in [0.15, 0.2) is 54.7 Å². The third kappa shape index (κ3) is 2.89. The van der Waals surface area contributed by atoms with Gasteiger partial charge in [-0.15, -0.1) is 0 Å². The zero-order valence-corrected chi connectivity index (χ0v) is 9.58. The molecule has 1 heterocycles. The number of carbonyl (C=O) groups excluding carboxylic acids is 1. The molecule has 1 aromatic heterocycles. The van der Waals surface area contributed by atoms with Crippen LogP contribution >= 0.6 is 0 Å². The van der Waals surface area contributed by atoms with E-state index >= 15 is 0 Å². The summed E-state index contributed by atoms with van der Waals surface area (Å²) in [4.78, 5) is 15.7. The van der Waals surface area contributed by atoms with Gasteiger partial charge in [0.15, 0.2) is 0 Å².